The molecule has 1 heterocycles. The molecule has 0 radical (unpaired) electrons. The topological polar surface area (TPSA) is 4.93 Å². The first-order valence-electron chi connectivity index (χ1n) is 19.7. The third kappa shape index (κ3) is 7.48. The van der Waals surface area contributed by atoms with Crippen LogP contribution < -0.4 is 0 Å². The number of hydrogen-bond donors (Lipinski definition) is 0. The molecule has 9 aromatic rings. The summed E-state index contributed by atoms with van der Waals surface area (Å²) >= 11 is 0. The molecule has 55 heavy (non-hydrogen) atoms. The Hall–Kier alpha value is -6.18. The van der Waals surface area contributed by atoms with Crippen molar-refractivity contribution in [3.8, 4) is 27.9 Å². The summed E-state index contributed by atoms with van der Waals surface area (Å²) in [4.78, 5) is 0. The Morgan fingerprint density at radius 1 is 0.473 bits per heavy atom. The molecular formula is C54H53N. The van der Waals surface area contributed by atoms with Gasteiger partial charge in [0.1, 0.15) is 0 Å². The third-order valence-corrected chi connectivity index (χ3v) is 10.1. The Balaban J connectivity index is 0.000000375. The van der Waals surface area contributed by atoms with Crippen molar-refractivity contribution >= 4 is 55.5 Å². The maximum Gasteiger partial charge on any atom is 0.0553 e. The number of fused-ring (bicyclic) bond motifs is 3. The Morgan fingerprint density at radius 3 is 1.64 bits per heavy atom. The first-order chi connectivity index (χ1) is 26.9. The van der Waals surface area contributed by atoms with E-state index in [-0.39, 0.29) is 0 Å². The van der Waals surface area contributed by atoms with E-state index in [1.165, 1.54) is 88.7 Å². The highest BCUT2D eigenvalue weighted by molar-refractivity contribution is 6.35. The molecule has 0 aliphatic carbocycles. The van der Waals surface area contributed by atoms with Crippen molar-refractivity contribution in [3.05, 3.63) is 187 Å². The molecule has 0 unspecified atom stereocenters. The van der Waals surface area contributed by atoms with Crippen molar-refractivity contribution in [2.75, 3.05) is 0 Å². The van der Waals surface area contributed by atoms with Gasteiger partial charge in [0, 0.05) is 16.5 Å². The van der Waals surface area contributed by atoms with Crippen molar-refractivity contribution in [1.82, 2.24) is 4.57 Å². The van der Waals surface area contributed by atoms with E-state index in [0.717, 1.165) is 16.8 Å². The fourth-order valence-electron chi connectivity index (χ4n) is 7.58. The van der Waals surface area contributed by atoms with Crippen molar-refractivity contribution in [2.45, 2.75) is 54.9 Å². The van der Waals surface area contributed by atoms with Crippen molar-refractivity contribution in [2.24, 2.45) is 0 Å². The monoisotopic (exact) mass is 715 g/mol. The first kappa shape index (κ1) is 38.5. The van der Waals surface area contributed by atoms with Gasteiger partial charge in [-0.3, -0.25) is 0 Å². The fourth-order valence-corrected chi connectivity index (χ4v) is 7.58. The number of aryl methyl sites for hydroxylation is 3. The smallest absolute Gasteiger partial charge is 0.0553 e. The molecule has 9 rings (SSSR count). The molecule has 0 spiro atoms. The summed E-state index contributed by atoms with van der Waals surface area (Å²) in [5.41, 5.74) is 14.7. The lowest BCUT2D eigenvalue weighted by Crippen LogP contribution is -1.93. The van der Waals surface area contributed by atoms with Gasteiger partial charge in [-0.25, -0.2) is 0 Å². The fraction of sp³-hybridized carbons (Fsp3) is 0.148. The van der Waals surface area contributed by atoms with Crippen molar-refractivity contribution in [1.29, 1.82) is 0 Å². The molecule has 1 heteroatoms. The van der Waals surface area contributed by atoms with Crippen LogP contribution in [-0.4, -0.2) is 4.57 Å². The number of rotatable bonds is 5. The van der Waals surface area contributed by atoms with E-state index >= 15 is 0 Å². The highest BCUT2D eigenvalue weighted by atomic mass is 15.0. The average molecular weight is 716 g/mol. The predicted molar refractivity (Wildman–Crippen MR) is 246 cm³/mol. The van der Waals surface area contributed by atoms with Crippen LogP contribution in [-0.2, 0) is 0 Å². The highest BCUT2D eigenvalue weighted by Gasteiger charge is 2.22. The largest absolute Gasteiger partial charge is 0.309 e. The van der Waals surface area contributed by atoms with Crippen molar-refractivity contribution < 1.29 is 0 Å². The van der Waals surface area contributed by atoms with E-state index in [4.69, 9.17) is 0 Å². The Morgan fingerprint density at radius 2 is 1.04 bits per heavy atom. The van der Waals surface area contributed by atoms with E-state index in [0.29, 0.717) is 0 Å². The van der Waals surface area contributed by atoms with Crippen LogP contribution in [0.1, 0.15) is 61.9 Å². The lowest BCUT2D eigenvalue weighted by molar-refractivity contribution is 1.09. The van der Waals surface area contributed by atoms with Crippen LogP contribution in [0.2, 0.25) is 0 Å². The molecule has 0 amide bonds. The number of hydrogen-bond acceptors (Lipinski definition) is 0. The highest BCUT2D eigenvalue weighted by Crippen LogP contribution is 2.46. The van der Waals surface area contributed by atoms with Gasteiger partial charge in [0.05, 0.1) is 11.0 Å². The summed E-state index contributed by atoms with van der Waals surface area (Å²) in [6, 6.07) is 52.7. The van der Waals surface area contributed by atoms with Crippen molar-refractivity contribution in [3.63, 3.8) is 0 Å². The Bertz CT molecular complexity index is 2710. The van der Waals surface area contributed by atoms with Gasteiger partial charge in [0.15, 0.2) is 0 Å². The van der Waals surface area contributed by atoms with Crippen LogP contribution in [0, 0.1) is 20.8 Å². The van der Waals surface area contributed by atoms with Crippen LogP contribution >= 0.6 is 0 Å². The van der Waals surface area contributed by atoms with Gasteiger partial charge >= 0.3 is 0 Å². The Kier molecular flexibility index (Phi) is 12.1. The summed E-state index contributed by atoms with van der Waals surface area (Å²) in [5, 5.41) is 7.62. The number of aromatic nitrogens is 1. The zero-order chi connectivity index (χ0) is 39.1. The molecule has 0 aliphatic rings. The molecule has 0 atom stereocenters. The molecule has 0 N–H and O–H groups in total. The average Bonchev–Trinajstić information content (AvgIpc) is 3.57. The quantitative estimate of drug-likeness (QED) is 0.156. The molecule has 0 bridgehead atoms. The summed E-state index contributed by atoms with van der Waals surface area (Å²) in [6.07, 6.45) is 5.13. The number of nitrogens with zero attached hydrogens (tertiary/aromatic N) is 1. The molecule has 1 nitrogen and oxygen atoms in total. The third-order valence-electron chi connectivity index (χ3n) is 10.1. The minimum atomic E-state index is 1.10. The van der Waals surface area contributed by atoms with Gasteiger partial charge in [-0.15, -0.1) is 0 Å². The van der Waals surface area contributed by atoms with Gasteiger partial charge in [0.2, 0.25) is 0 Å². The summed E-state index contributed by atoms with van der Waals surface area (Å²) in [7, 11) is 0. The SMILES string of the molecule is C=Cc1cc2c(cc1C=C)c1cc(-c3ccc(C)c(-c4ccccc4C)c3)cc3c1c1c2cccc1n3-c1ccccc1.CC.CCC.Cc1ccccc1. The molecular weight excluding hydrogens is 663 g/mol. The van der Waals surface area contributed by atoms with Crippen LogP contribution in [0.3, 0.4) is 0 Å². The van der Waals surface area contributed by atoms with E-state index < -0.39 is 0 Å². The minimum absolute atomic E-state index is 1.10. The van der Waals surface area contributed by atoms with Crippen LogP contribution in [0.25, 0.3) is 83.4 Å². The van der Waals surface area contributed by atoms with Crippen LogP contribution in [0.15, 0.2) is 159 Å². The summed E-state index contributed by atoms with van der Waals surface area (Å²) in [6.45, 7) is 23.0. The van der Waals surface area contributed by atoms with Gasteiger partial charge in [-0.2, -0.15) is 0 Å². The van der Waals surface area contributed by atoms with Gasteiger partial charge in [0.25, 0.3) is 0 Å². The number of benzene rings is 8. The second-order valence-electron chi connectivity index (χ2n) is 13.9. The summed E-state index contributed by atoms with van der Waals surface area (Å²) in [5.74, 6) is 0. The molecule has 0 aliphatic heterocycles. The maximum absolute atomic E-state index is 4.13. The first-order valence-corrected chi connectivity index (χ1v) is 19.7. The Labute approximate surface area is 328 Å². The molecule has 274 valence electrons. The van der Waals surface area contributed by atoms with Crippen LogP contribution in [0.5, 0.6) is 0 Å². The standard InChI is InChI=1S/C42H31N.C7H8.C3H8.C2H6/c1-5-28-21-36-34-17-12-18-39-41(34)42-38(37(36)22-29(28)6-2)24-31(25-40(42)43(39)32-14-8-7-9-15-32)30-20-19-27(4)35(23-30)33-16-11-10-13-26(33)3;1-7-5-3-2-4-6-7;1-3-2;1-2/h5-25H,1-2H2,3-4H3;2-6H,1H3;3H2,1-2H3;1-2H3. The second kappa shape index (κ2) is 17.3. The zero-order valence-electron chi connectivity index (χ0n) is 33.6. The molecule has 8 aromatic carbocycles. The second-order valence-corrected chi connectivity index (χ2v) is 13.9. The maximum atomic E-state index is 4.13. The van der Waals surface area contributed by atoms with Gasteiger partial charge < -0.3 is 4.57 Å². The van der Waals surface area contributed by atoms with Crippen LogP contribution in [0.4, 0.5) is 0 Å². The van der Waals surface area contributed by atoms with E-state index in [1.54, 1.807) is 0 Å². The van der Waals surface area contributed by atoms with Gasteiger partial charge in [-0.05, 0) is 135 Å². The summed E-state index contributed by atoms with van der Waals surface area (Å²) < 4.78 is 2.44. The van der Waals surface area contributed by atoms with E-state index in [9.17, 15) is 0 Å². The zero-order valence-corrected chi connectivity index (χ0v) is 33.6. The molecule has 0 fully saturated rings. The predicted octanol–water partition coefficient (Wildman–Crippen LogP) is 16.2. The normalized spacial score (nSPS) is 10.7. The van der Waals surface area contributed by atoms with E-state index in [2.05, 4.69) is 180 Å². The number of para-hydroxylation sites is 1. The molecule has 0 saturated carbocycles. The van der Waals surface area contributed by atoms with Gasteiger partial charge in [-0.1, -0.05) is 162 Å². The lowest BCUT2D eigenvalue weighted by Gasteiger charge is -2.15. The molecule has 1 aromatic heterocycles. The van der Waals surface area contributed by atoms with E-state index in [1.807, 2.05) is 44.2 Å². The minimum Gasteiger partial charge on any atom is -0.309 e. The lowest BCUT2D eigenvalue weighted by atomic mass is 9.88. The molecule has 0 saturated heterocycles.